The molecule has 0 aliphatic heterocycles. The van der Waals surface area contributed by atoms with Crippen LogP contribution in [0.4, 0.5) is 0 Å². The highest BCUT2D eigenvalue weighted by molar-refractivity contribution is 6.11. The van der Waals surface area contributed by atoms with Crippen LogP contribution in [0.5, 0.6) is 0 Å². The van der Waals surface area contributed by atoms with Crippen molar-refractivity contribution in [1.29, 1.82) is 0 Å². The van der Waals surface area contributed by atoms with Gasteiger partial charge in [-0.15, -0.1) is 0 Å². The molecule has 0 N–H and O–H groups in total. The molecule has 74 valence electrons. The van der Waals surface area contributed by atoms with Crippen molar-refractivity contribution in [2.24, 2.45) is 12.0 Å². The number of aryl methyl sites for hydroxylation is 1. The normalized spacial score (nSPS) is 12.4. The van der Waals surface area contributed by atoms with Gasteiger partial charge in [0.2, 0.25) is 0 Å². The molecule has 3 nitrogen and oxygen atoms in total. The first-order chi connectivity index (χ1) is 6.65. The minimum atomic E-state index is 0.885. The Balaban J connectivity index is 3.06. The third-order valence-electron chi connectivity index (χ3n) is 1.74. The van der Waals surface area contributed by atoms with Gasteiger partial charge in [-0.2, -0.15) is 5.10 Å². The minimum Gasteiger partial charge on any atom is -0.275 e. The number of nitrogens with zero attached hydrogens (tertiary/aromatic N) is 3. The fraction of sp³-hybridized carbons (Fsp3) is 0.273. The van der Waals surface area contributed by atoms with Crippen LogP contribution in [0.15, 0.2) is 41.8 Å². The summed E-state index contributed by atoms with van der Waals surface area (Å²) in [7, 11) is 1.88. The van der Waals surface area contributed by atoms with E-state index in [9.17, 15) is 0 Å². The second-order valence-corrected chi connectivity index (χ2v) is 3.14. The lowest BCUT2D eigenvalue weighted by atomic mass is 10.1. The van der Waals surface area contributed by atoms with Crippen molar-refractivity contribution in [1.82, 2.24) is 9.78 Å². The van der Waals surface area contributed by atoms with Crippen LogP contribution in [0.25, 0.3) is 0 Å². The molecule has 0 spiro atoms. The van der Waals surface area contributed by atoms with Crippen LogP contribution in [0.1, 0.15) is 19.4 Å². The molecule has 0 unspecified atom stereocenters. The van der Waals surface area contributed by atoms with Crippen molar-refractivity contribution >= 4 is 5.71 Å². The van der Waals surface area contributed by atoms with Crippen LogP contribution in [-0.4, -0.2) is 15.5 Å². The Morgan fingerprint density at radius 3 is 2.79 bits per heavy atom. The zero-order chi connectivity index (χ0) is 10.6. The Hall–Kier alpha value is -1.64. The van der Waals surface area contributed by atoms with Crippen LogP contribution >= 0.6 is 0 Å². The summed E-state index contributed by atoms with van der Waals surface area (Å²) >= 11 is 0. The second kappa shape index (κ2) is 4.56. The summed E-state index contributed by atoms with van der Waals surface area (Å²) in [5, 5.41) is 4.10. The van der Waals surface area contributed by atoms with E-state index in [1.165, 1.54) is 0 Å². The highest BCUT2D eigenvalue weighted by atomic mass is 15.2. The number of rotatable bonds is 3. The lowest BCUT2D eigenvalue weighted by Crippen LogP contribution is -1.99. The van der Waals surface area contributed by atoms with Gasteiger partial charge < -0.3 is 0 Å². The topological polar surface area (TPSA) is 30.2 Å². The van der Waals surface area contributed by atoms with Gasteiger partial charge in [0.1, 0.15) is 0 Å². The van der Waals surface area contributed by atoms with Crippen LogP contribution in [0.2, 0.25) is 0 Å². The van der Waals surface area contributed by atoms with Gasteiger partial charge >= 0.3 is 0 Å². The maximum absolute atomic E-state index is 4.31. The average molecular weight is 189 g/mol. The van der Waals surface area contributed by atoms with E-state index < -0.39 is 0 Å². The number of hydrogen-bond acceptors (Lipinski definition) is 2. The molecular formula is C11H15N3. The Kier molecular flexibility index (Phi) is 3.40. The van der Waals surface area contributed by atoms with E-state index in [1.807, 2.05) is 33.2 Å². The van der Waals surface area contributed by atoms with E-state index in [0.29, 0.717) is 0 Å². The SMILES string of the molecule is C=C(C)/C(=N\C=C/C)c1cnn(C)c1. The summed E-state index contributed by atoms with van der Waals surface area (Å²) in [6.45, 7) is 7.77. The molecule has 1 aromatic heterocycles. The fourth-order valence-electron chi connectivity index (χ4n) is 1.12. The van der Waals surface area contributed by atoms with E-state index in [2.05, 4.69) is 16.7 Å². The predicted molar refractivity (Wildman–Crippen MR) is 59.4 cm³/mol. The summed E-state index contributed by atoms with van der Waals surface area (Å²) in [4.78, 5) is 4.31. The van der Waals surface area contributed by atoms with Gasteiger partial charge in [-0.05, 0) is 19.4 Å². The average Bonchev–Trinajstić information content (AvgIpc) is 2.52. The fourth-order valence-corrected chi connectivity index (χ4v) is 1.12. The standard InChI is InChI=1S/C11H15N3/c1-5-6-12-11(9(2)3)10-7-13-14(4)8-10/h5-8H,2H2,1,3-4H3/b6-5-,12-11+. The van der Waals surface area contributed by atoms with Gasteiger partial charge in [-0.1, -0.05) is 12.7 Å². The van der Waals surface area contributed by atoms with Crippen molar-refractivity contribution in [3.63, 3.8) is 0 Å². The van der Waals surface area contributed by atoms with Crippen LogP contribution in [0, 0.1) is 0 Å². The number of aliphatic imine (C=N–C) groups is 1. The summed E-state index contributed by atoms with van der Waals surface area (Å²) in [5.74, 6) is 0. The monoisotopic (exact) mass is 189 g/mol. The molecule has 0 bridgehead atoms. The van der Waals surface area contributed by atoms with Crippen molar-refractivity contribution in [2.75, 3.05) is 0 Å². The van der Waals surface area contributed by atoms with Gasteiger partial charge in [-0.25, -0.2) is 0 Å². The molecule has 0 atom stereocenters. The van der Waals surface area contributed by atoms with Crippen molar-refractivity contribution in [2.45, 2.75) is 13.8 Å². The van der Waals surface area contributed by atoms with Gasteiger partial charge in [0, 0.05) is 25.0 Å². The van der Waals surface area contributed by atoms with Gasteiger partial charge in [0.05, 0.1) is 11.9 Å². The first-order valence-electron chi connectivity index (χ1n) is 4.49. The number of hydrogen-bond donors (Lipinski definition) is 0. The van der Waals surface area contributed by atoms with E-state index in [1.54, 1.807) is 17.1 Å². The maximum Gasteiger partial charge on any atom is 0.0756 e. The summed E-state index contributed by atoms with van der Waals surface area (Å²) in [5.41, 5.74) is 2.82. The smallest absolute Gasteiger partial charge is 0.0756 e. The molecule has 0 saturated heterocycles. The van der Waals surface area contributed by atoms with Crippen molar-refractivity contribution in [3.05, 3.63) is 42.4 Å². The van der Waals surface area contributed by atoms with Gasteiger partial charge in [0.15, 0.2) is 0 Å². The molecule has 0 radical (unpaired) electrons. The Morgan fingerprint density at radius 1 is 1.64 bits per heavy atom. The highest BCUT2D eigenvalue weighted by Crippen LogP contribution is 2.07. The van der Waals surface area contributed by atoms with Gasteiger partial charge in [-0.3, -0.25) is 9.67 Å². The minimum absolute atomic E-state index is 0.885. The molecule has 1 aromatic rings. The molecular weight excluding hydrogens is 174 g/mol. The summed E-state index contributed by atoms with van der Waals surface area (Å²) in [6, 6.07) is 0. The summed E-state index contributed by atoms with van der Waals surface area (Å²) in [6.07, 6.45) is 7.37. The Bertz CT molecular complexity index is 383. The molecule has 3 heteroatoms. The zero-order valence-electron chi connectivity index (χ0n) is 8.86. The molecule has 1 rings (SSSR count). The van der Waals surface area contributed by atoms with E-state index in [0.717, 1.165) is 16.8 Å². The van der Waals surface area contributed by atoms with E-state index in [4.69, 9.17) is 0 Å². The quantitative estimate of drug-likeness (QED) is 0.671. The third-order valence-corrected chi connectivity index (χ3v) is 1.74. The summed E-state index contributed by atoms with van der Waals surface area (Å²) < 4.78 is 1.75. The maximum atomic E-state index is 4.31. The predicted octanol–water partition coefficient (Wildman–Crippen LogP) is 2.32. The van der Waals surface area contributed by atoms with Crippen LogP contribution in [-0.2, 0) is 7.05 Å². The zero-order valence-corrected chi connectivity index (χ0v) is 8.86. The first-order valence-corrected chi connectivity index (χ1v) is 4.49. The molecule has 1 heterocycles. The lowest BCUT2D eigenvalue weighted by molar-refractivity contribution is 0.767. The molecule has 14 heavy (non-hydrogen) atoms. The highest BCUT2D eigenvalue weighted by Gasteiger charge is 2.05. The number of allylic oxidation sites excluding steroid dienone is 2. The van der Waals surface area contributed by atoms with E-state index in [-0.39, 0.29) is 0 Å². The molecule has 0 fully saturated rings. The second-order valence-electron chi connectivity index (χ2n) is 3.14. The number of aromatic nitrogens is 2. The lowest BCUT2D eigenvalue weighted by Gasteiger charge is -1.99. The molecule has 0 aromatic carbocycles. The van der Waals surface area contributed by atoms with E-state index >= 15 is 0 Å². The molecule has 0 saturated carbocycles. The Morgan fingerprint density at radius 2 is 2.36 bits per heavy atom. The first kappa shape index (κ1) is 10.4. The van der Waals surface area contributed by atoms with Crippen LogP contribution < -0.4 is 0 Å². The largest absolute Gasteiger partial charge is 0.275 e. The van der Waals surface area contributed by atoms with Crippen molar-refractivity contribution in [3.8, 4) is 0 Å². The molecule has 0 aliphatic carbocycles. The van der Waals surface area contributed by atoms with Gasteiger partial charge in [0.25, 0.3) is 0 Å². The Labute approximate surface area is 84.5 Å². The molecule has 0 amide bonds. The third kappa shape index (κ3) is 2.42. The van der Waals surface area contributed by atoms with Crippen molar-refractivity contribution < 1.29 is 0 Å². The molecule has 0 aliphatic rings. The van der Waals surface area contributed by atoms with Crippen LogP contribution in [0.3, 0.4) is 0 Å².